The molecule has 240 valence electrons. The molecule has 0 spiro atoms. The van der Waals surface area contributed by atoms with Gasteiger partial charge in [-0.1, -0.05) is 133 Å². The van der Waals surface area contributed by atoms with E-state index in [4.69, 9.17) is 24.1 Å². The van der Waals surface area contributed by atoms with Gasteiger partial charge in [-0.15, -0.1) is 0 Å². The van der Waals surface area contributed by atoms with Crippen LogP contribution in [-0.4, -0.2) is 25.6 Å². The molecule has 0 bridgehead atoms. The van der Waals surface area contributed by atoms with Crippen molar-refractivity contribution in [1.82, 2.24) is 19.5 Å². The quantitative estimate of drug-likeness (QED) is 0.189. The van der Waals surface area contributed by atoms with Crippen molar-refractivity contribution >= 4 is 43.7 Å². The minimum Gasteiger partial charge on any atom is -0.485 e. The van der Waals surface area contributed by atoms with Gasteiger partial charge in [-0.05, 0) is 24.3 Å². The summed E-state index contributed by atoms with van der Waals surface area (Å²) in [6.07, 6.45) is 8.41. The zero-order valence-corrected chi connectivity index (χ0v) is 27.3. The van der Waals surface area contributed by atoms with Crippen molar-refractivity contribution < 1.29 is 9.15 Å². The van der Waals surface area contributed by atoms with E-state index in [0.29, 0.717) is 17.6 Å². The number of para-hydroxylation sites is 4. The number of fused-ring (bicyclic) bond motifs is 9. The number of rotatable bonds is 4. The summed E-state index contributed by atoms with van der Waals surface area (Å²) in [5.41, 5.74) is 8.73. The number of furan rings is 1. The molecule has 11 rings (SSSR count). The van der Waals surface area contributed by atoms with Crippen LogP contribution in [0.15, 0.2) is 162 Å². The average molecular weight is 657 g/mol. The van der Waals surface area contributed by atoms with Crippen LogP contribution < -0.4 is 4.74 Å². The highest BCUT2D eigenvalue weighted by molar-refractivity contribution is 6.17. The highest BCUT2D eigenvalue weighted by atomic mass is 16.5. The molecule has 2 unspecified atom stereocenters. The molecule has 9 aromatic rings. The molecule has 4 heterocycles. The third-order valence-electron chi connectivity index (χ3n) is 10.2. The van der Waals surface area contributed by atoms with Crippen molar-refractivity contribution in [3.8, 4) is 45.6 Å². The second-order valence-electron chi connectivity index (χ2n) is 13.1. The molecule has 0 fully saturated rings. The lowest BCUT2D eigenvalue weighted by Gasteiger charge is -2.16. The Hall–Kier alpha value is -6.79. The van der Waals surface area contributed by atoms with Crippen molar-refractivity contribution in [2.24, 2.45) is 0 Å². The molecule has 1 aliphatic heterocycles. The van der Waals surface area contributed by atoms with Crippen molar-refractivity contribution in [2.45, 2.75) is 12.0 Å². The summed E-state index contributed by atoms with van der Waals surface area (Å²) < 4.78 is 15.2. The van der Waals surface area contributed by atoms with Crippen LogP contribution in [0.4, 0.5) is 0 Å². The molecule has 51 heavy (non-hydrogen) atoms. The number of aromatic nitrogens is 4. The number of allylic oxidation sites excluding steroid dienone is 2. The molecule has 0 radical (unpaired) electrons. The largest absolute Gasteiger partial charge is 0.485 e. The van der Waals surface area contributed by atoms with E-state index in [9.17, 15) is 0 Å². The molecule has 0 saturated carbocycles. The number of hydrogen-bond donors (Lipinski definition) is 0. The first-order valence-electron chi connectivity index (χ1n) is 17.2. The lowest BCUT2D eigenvalue weighted by atomic mass is 9.88. The maximum atomic E-state index is 6.57. The summed E-state index contributed by atoms with van der Waals surface area (Å²) >= 11 is 0. The standard InChI is InChI=1S/C45H28N4O2/c1-2-13-27(14-3-1)43-46-44(35-22-12-26-39-40(35)34-17-6-9-25-38(34)50-39)48-45(47-43)49-36-23-7-4-15-28(36)30-18-10-19-31(41(30)49)33-21-11-20-32-29-16-5-8-24-37(29)51-42(32)33/h1-26,34,38H. The molecule has 6 nitrogen and oxygen atoms in total. The van der Waals surface area contributed by atoms with Gasteiger partial charge in [0.1, 0.15) is 23.0 Å². The Morgan fingerprint density at radius 2 is 1.24 bits per heavy atom. The summed E-state index contributed by atoms with van der Waals surface area (Å²) in [5, 5.41) is 4.41. The summed E-state index contributed by atoms with van der Waals surface area (Å²) in [5.74, 6) is 2.68. The van der Waals surface area contributed by atoms with Gasteiger partial charge in [0.25, 0.3) is 0 Å². The number of hydrogen-bond acceptors (Lipinski definition) is 5. The topological polar surface area (TPSA) is 66.0 Å². The normalized spacial score (nSPS) is 16.2. The zero-order chi connectivity index (χ0) is 33.5. The molecule has 1 aliphatic carbocycles. The maximum absolute atomic E-state index is 6.57. The Balaban J connectivity index is 1.22. The fourth-order valence-electron chi connectivity index (χ4n) is 8.00. The minimum atomic E-state index is -0.0538. The van der Waals surface area contributed by atoms with E-state index < -0.39 is 0 Å². The van der Waals surface area contributed by atoms with Crippen molar-refractivity contribution in [1.29, 1.82) is 0 Å². The first-order chi connectivity index (χ1) is 25.3. The molecular weight excluding hydrogens is 629 g/mol. The van der Waals surface area contributed by atoms with E-state index in [2.05, 4.69) is 102 Å². The Labute approximate surface area is 292 Å². The fraction of sp³-hybridized carbons (Fsp3) is 0.0444. The third kappa shape index (κ3) is 4.20. The van der Waals surface area contributed by atoms with E-state index in [0.717, 1.165) is 77.3 Å². The van der Waals surface area contributed by atoms with Gasteiger partial charge in [0.05, 0.1) is 11.0 Å². The fourth-order valence-corrected chi connectivity index (χ4v) is 8.00. The minimum absolute atomic E-state index is 0.0538. The van der Waals surface area contributed by atoms with Crippen LogP contribution in [0, 0.1) is 0 Å². The van der Waals surface area contributed by atoms with Gasteiger partial charge < -0.3 is 9.15 Å². The van der Waals surface area contributed by atoms with Crippen LogP contribution in [0.2, 0.25) is 0 Å². The number of benzene rings is 6. The molecule has 0 amide bonds. The Morgan fingerprint density at radius 1 is 0.529 bits per heavy atom. The second-order valence-corrected chi connectivity index (χ2v) is 13.1. The second kappa shape index (κ2) is 10.9. The van der Waals surface area contributed by atoms with E-state index >= 15 is 0 Å². The van der Waals surface area contributed by atoms with Crippen LogP contribution in [0.25, 0.3) is 83.6 Å². The van der Waals surface area contributed by atoms with Crippen LogP contribution in [0.1, 0.15) is 11.5 Å². The summed E-state index contributed by atoms with van der Waals surface area (Å²) in [7, 11) is 0. The Morgan fingerprint density at radius 3 is 2.16 bits per heavy atom. The maximum Gasteiger partial charge on any atom is 0.238 e. The summed E-state index contributed by atoms with van der Waals surface area (Å²) in [4.78, 5) is 15.7. The predicted molar refractivity (Wildman–Crippen MR) is 203 cm³/mol. The lowest BCUT2D eigenvalue weighted by Crippen LogP contribution is -2.16. The molecule has 0 N–H and O–H groups in total. The summed E-state index contributed by atoms with van der Waals surface area (Å²) in [6.45, 7) is 0. The highest BCUT2D eigenvalue weighted by Crippen LogP contribution is 2.46. The van der Waals surface area contributed by atoms with Crippen molar-refractivity contribution in [3.63, 3.8) is 0 Å². The third-order valence-corrected chi connectivity index (χ3v) is 10.2. The SMILES string of the molecule is C1=CC2Oc3cccc(-c4nc(-c5ccccc5)nc(-n5c6ccccc6c6cccc(-c7cccc8c7oc7ccccc78)c65)n4)c3C2C=C1. The van der Waals surface area contributed by atoms with Gasteiger partial charge in [-0.2, -0.15) is 9.97 Å². The van der Waals surface area contributed by atoms with Crippen LogP contribution in [0.3, 0.4) is 0 Å². The summed E-state index contributed by atoms with van der Waals surface area (Å²) in [6, 6.07) is 45.9. The van der Waals surface area contributed by atoms with Gasteiger partial charge in [0, 0.05) is 55.3 Å². The van der Waals surface area contributed by atoms with Gasteiger partial charge in [-0.25, -0.2) is 4.98 Å². The average Bonchev–Trinajstić information content (AvgIpc) is 3.88. The van der Waals surface area contributed by atoms with Crippen molar-refractivity contribution in [2.75, 3.05) is 0 Å². The van der Waals surface area contributed by atoms with E-state index in [1.165, 1.54) is 0 Å². The molecule has 2 atom stereocenters. The highest BCUT2D eigenvalue weighted by Gasteiger charge is 2.35. The monoisotopic (exact) mass is 656 g/mol. The van der Waals surface area contributed by atoms with Gasteiger partial charge in [-0.3, -0.25) is 4.57 Å². The van der Waals surface area contributed by atoms with Gasteiger partial charge in [0.15, 0.2) is 11.6 Å². The first kappa shape index (κ1) is 28.1. The Kier molecular flexibility index (Phi) is 5.98. The molecule has 3 aromatic heterocycles. The zero-order valence-electron chi connectivity index (χ0n) is 27.3. The van der Waals surface area contributed by atoms with Crippen LogP contribution in [-0.2, 0) is 0 Å². The lowest BCUT2D eigenvalue weighted by molar-refractivity contribution is 0.269. The molecule has 2 aliphatic rings. The van der Waals surface area contributed by atoms with Crippen LogP contribution in [0.5, 0.6) is 5.75 Å². The number of ether oxygens (including phenoxy) is 1. The Bertz CT molecular complexity index is 2920. The number of nitrogens with zero attached hydrogens (tertiary/aromatic N) is 4. The van der Waals surface area contributed by atoms with E-state index in [1.54, 1.807) is 0 Å². The molecular formula is C45H28N4O2. The van der Waals surface area contributed by atoms with Crippen LogP contribution >= 0.6 is 0 Å². The van der Waals surface area contributed by atoms with E-state index in [-0.39, 0.29) is 12.0 Å². The van der Waals surface area contributed by atoms with Gasteiger partial charge in [0.2, 0.25) is 5.95 Å². The first-order valence-corrected chi connectivity index (χ1v) is 17.2. The van der Waals surface area contributed by atoms with Crippen molar-refractivity contribution in [3.05, 3.63) is 163 Å². The predicted octanol–water partition coefficient (Wildman–Crippen LogP) is 10.8. The molecule has 0 saturated heterocycles. The molecule has 6 heteroatoms. The smallest absolute Gasteiger partial charge is 0.238 e. The van der Waals surface area contributed by atoms with E-state index in [1.807, 2.05) is 60.7 Å². The molecule has 6 aromatic carbocycles. The van der Waals surface area contributed by atoms with Gasteiger partial charge >= 0.3 is 0 Å².